The second-order valence-corrected chi connectivity index (χ2v) is 15.0. The summed E-state index contributed by atoms with van der Waals surface area (Å²) >= 11 is 0. The molecule has 1 aliphatic carbocycles. The molecule has 47 heavy (non-hydrogen) atoms. The number of hydrogen-bond acceptors (Lipinski definition) is 7. The molecule has 18 heteroatoms. The van der Waals surface area contributed by atoms with E-state index < -0.39 is 87.3 Å². The number of nitrogens with one attached hydrogen (secondary N) is 1. The van der Waals surface area contributed by atoms with Gasteiger partial charge in [-0.1, -0.05) is 19.4 Å². The van der Waals surface area contributed by atoms with Crippen molar-refractivity contribution in [2.24, 2.45) is 0 Å². The largest absolute Gasteiger partial charge is 0.444 e. The van der Waals surface area contributed by atoms with Crippen LogP contribution in [0.2, 0.25) is 0 Å². The highest BCUT2D eigenvalue weighted by Crippen LogP contribution is 3.02. The van der Waals surface area contributed by atoms with Crippen molar-refractivity contribution >= 4 is 33.8 Å². The molecule has 1 saturated carbocycles. The van der Waals surface area contributed by atoms with Gasteiger partial charge in [-0.15, -0.1) is 0 Å². The fourth-order valence-corrected chi connectivity index (χ4v) is 6.15. The number of likely N-dealkylation sites (tertiary alicyclic amines) is 1. The van der Waals surface area contributed by atoms with E-state index in [1.54, 1.807) is 20.8 Å². The van der Waals surface area contributed by atoms with Crippen LogP contribution in [0.1, 0.15) is 64.5 Å². The van der Waals surface area contributed by atoms with Crippen LogP contribution in [-0.2, 0) is 19.1 Å². The molecule has 0 bridgehead atoms. The highest BCUT2D eigenvalue weighted by molar-refractivity contribution is 8.45. The zero-order valence-electron chi connectivity index (χ0n) is 26.0. The molecule has 2 aromatic rings. The molecule has 1 N–H and O–H groups in total. The lowest BCUT2D eigenvalue weighted by Gasteiger charge is -2.41. The monoisotopic (exact) mass is 699 g/mol. The molecular formula is C29H36F7N5O5S. The number of alkyl halides is 2. The molecule has 1 aromatic heterocycles. The number of carbonyl (C=O) groups excluding carboxylic acids is 3. The Balaban J connectivity index is 1.83. The molecule has 10 nitrogen and oxygen atoms in total. The third-order valence-corrected chi connectivity index (χ3v) is 8.96. The molecule has 3 atom stereocenters. The van der Waals surface area contributed by atoms with Gasteiger partial charge < -0.3 is 14.8 Å². The smallest absolute Gasteiger partial charge is 0.411 e. The molecule has 2 heterocycles. The van der Waals surface area contributed by atoms with Gasteiger partial charge in [-0.3, -0.25) is 19.4 Å². The third-order valence-electron chi connectivity index (χ3n) is 7.80. The quantitative estimate of drug-likeness (QED) is 0.298. The molecule has 3 amide bonds. The molecule has 1 unspecified atom stereocenters. The SMILES string of the molecule is CO[C@@H]1C[C@H](C(=O)N(c2ccc(S(F)(F)(F)(F)F)cc2)C(C(=O)NC2CCC(F)(F)CC2)c2ccnnc2)N(C(=O)OC(C)(C)C)C1. The average Bonchev–Trinajstić information content (AvgIpc) is 3.40. The third kappa shape index (κ3) is 9.03. The number of nitrogens with zero attached hydrogens (tertiary/aromatic N) is 4. The summed E-state index contributed by atoms with van der Waals surface area (Å²) in [6.07, 6.45) is -0.647. The van der Waals surface area contributed by atoms with E-state index in [0.29, 0.717) is 12.1 Å². The number of rotatable bonds is 8. The predicted molar refractivity (Wildman–Crippen MR) is 158 cm³/mol. The number of aromatic nitrogens is 2. The number of amides is 3. The van der Waals surface area contributed by atoms with Gasteiger partial charge in [0.05, 0.1) is 18.8 Å². The number of methoxy groups -OCH3 is 1. The second-order valence-electron chi connectivity index (χ2n) is 12.6. The van der Waals surface area contributed by atoms with Gasteiger partial charge in [0, 0.05) is 49.9 Å². The maximum Gasteiger partial charge on any atom is 0.411 e. The van der Waals surface area contributed by atoms with E-state index >= 15 is 0 Å². The van der Waals surface area contributed by atoms with Crippen molar-refractivity contribution in [3.63, 3.8) is 0 Å². The molecule has 4 rings (SSSR count). The molecule has 1 saturated heterocycles. The van der Waals surface area contributed by atoms with Gasteiger partial charge in [-0.2, -0.15) is 10.2 Å². The Bertz CT molecular complexity index is 1470. The van der Waals surface area contributed by atoms with Gasteiger partial charge in [0.1, 0.15) is 22.6 Å². The van der Waals surface area contributed by atoms with Crippen LogP contribution in [0.5, 0.6) is 0 Å². The zero-order chi connectivity index (χ0) is 35.1. The molecular weight excluding hydrogens is 663 g/mol. The highest BCUT2D eigenvalue weighted by Gasteiger charge is 2.65. The Morgan fingerprint density at radius 1 is 1.02 bits per heavy atom. The van der Waals surface area contributed by atoms with Crippen LogP contribution in [0.3, 0.4) is 0 Å². The molecule has 1 aromatic carbocycles. The summed E-state index contributed by atoms with van der Waals surface area (Å²) in [6, 6.07) is -1.12. The summed E-state index contributed by atoms with van der Waals surface area (Å²) in [5.74, 6) is -4.82. The maximum atomic E-state index is 14.5. The van der Waals surface area contributed by atoms with Gasteiger partial charge >= 0.3 is 16.3 Å². The Kier molecular flexibility index (Phi) is 9.31. The van der Waals surface area contributed by atoms with Crippen molar-refractivity contribution < 1.29 is 52.1 Å². The summed E-state index contributed by atoms with van der Waals surface area (Å²) in [6.45, 7) is 4.66. The van der Waals surface area contributed by atoms with E-state index in [4.69, 9.17) is 9.47 Å². The van der Waals surface area contributed by atoms with Crippen molar-refractivity contribution in [3.05, 3.63) is 48.3 Å². The maximum absolute atomic E-state index is 14.5. The zero-order valence-corrected chi connectivity index (χ0v) is 26.8. The van der Waals surface area contributed by atoms with Crippen molar-refractivity contribution in [2.75, 3.05) is 18.6 Å². The molecule has 262 valence electrons. The lowest BCUT2D eigenvalue weighted by Crippen LogP contribution is -2.54. The van der Waals surface area contributed by atoms with Crippen LogP contribution in [0.25, 0.3) is 0 Å². The van der Waals surface area contributed by atoms with Gasteiger partial charge in [0.15, 0.2) is 0 Å². The van der Waals surface area contributed by atoms with Gasteiger partial charge in [-0.25, -0.2) is 13.6 Å². The number of ether oxygens (including phenoxy) is 2. The first-order chi connectivity index (χ1) is 21.5. The van der Waals surface area contributed by atoms with Crippen molar-refractivity contribution in [1.82, 2.24) is 20.4 Å². The predicted octanol–water partition coefficient (Wildman–Crippen LogP) is 6.93. The second kappa shape index (κ2) is 12.1. The topological polar surface area (TPSA) is 114 Å². The first-order valence-corrected chi connectivity index (χ1v) is 16.6. The molecule has 2 fully saturated rings. The van der Waals surface area contributed by atoms with Crippen molar-refractivity contribution in [2.45, 2.75) is 93.5 Å². The summed E-state index contributed by atoms with van der Waals surface area (Å²) in [7, 11) is -8.79. The molecule has 1 aliphatic heterocycles. The average molecular weight is 700 g/mol. The fourth-order valence-electron chi connectivity index (χ4n) is 5.50. The van der Waals surface area contributed by atoms with E-state index in [2.05, 4.69) is 15.5 Å². The lowest BCUT2D eigenvalue weighted by atomic mass is 9.91. The minimum atomic E-state index is -10.1. The highest BCUT2D eigenvalue weighted by atomic mass is 32.5. The van der Waals surface area contributed by atoms with Crippen LogP contribution in [0.15, 0.2) is 47.6 Å². The van der Waals surface area contributed by atoms with E-state index in [0.717, 1.165) is 16.0 Å². The van der Waals surface area contributed by atoms with Crippen molar-refractivity contribution in [3.8, 4) is 0 Å². The van der Waals surface area contributed by atoms with Crippen LogP contribution >= 0.6 is 10.2 Å². The van der Waals surface area contributed by atoms with E-state index in [9.17, 15) is 42.6 Å². The van der Waals surface area contributed by atoms with Crippen LogP contribution < -0.4 is 10.2 Å². The minimum absolute atomic E-state index is 0.00823. The first kappa shape index (κ1) is 36.2. The number of benzene rings is 1. The standard InChI is InChI=1S/C29H36F7N5O5S/c1-28(2,3)46-27(44)40-17-21(45-4)15-23(40)26(43)41(20-5-7-22(8-6-20)47(32,33,34,35)36)24(18-11-14-37-38-16-18)25(42)39-19-9-12-29(30,31)13-10-19/h5-8,11,14,16,19,21,23-24H,9-10,12-13,15,17H2,1-4H3,(H,39,42)/t21-,23-,24?/m1/s1. The fraction of sp³-hybridized carbons (Fsp3) is 0.552. The van der Waals surface area contributed by atoms with E-state index in [1.165, 1.54) is 19.4 Å². The van der Waals surface area contributed by atoms with Crippen LogP contribution in [0, 0.1) is 0 Å². The van der Waals surface area contributed by atoms with Gasteiger partial charge in [-0.05, 0) is 63.9 Å². The van der Waals surface area contributed by atoms with Crippen molar-refractivity contribution in [1.29, 1.82) is 0 Å². The van der Waals surface area contributed by atoms with E-state index in [1.807, 2.05) is 0 Å². The summed E-state index contributed by atoms with van der Waals surface area (Å²) in [5, 5.41) is 10.0. The summed E-state index contributed by atoms with van der Waals surface area (Å²) in [5.41, 5.74) is -1.38. The number of carbonyl (C=O) groups is 3. The van der Waals surface area contributed by atoms with E-state index in [-0.39, 0.29) is 43.5 Å². The molecule has 0 radical (unpaired) electrons. The number of anilines is 1. The Morgan fingerprint density at radius 3 is 2.15 bits per heavy atom. The Morgan fingerprint density at radius 2 is 1.64 bits per heavy atom. The molecule has 2 aliphatic rings. The van der Waals surface area contributed by atoms with Gasteiger partial charge in [0.25, 0.3) is 5.91 Å². The normalized spacial score (nSPS) is 22.5. The Hall–Kier alpha value is -3.67. The molecule has 0 spiro atoms. The first-order valence-electron chi connectivity index (χ1n) is 14.6. The number of halogens is 7. The minimum Gasteiger partial charge on any atom is -0.444 e. The Labute approximate surface area is 266 Å². The van der Waals surface area contributed by atoms with Crippen LogP contribution in [-0.4, -0.2) is 76.4 Å². The summed E-state index contributed by atoms with van der Waals surface area (Å²) in [4.78, 5) is 41.4. The lowest BCUT2D eigenvalue weighted by molar-refractivity contribution is -0.129. The summed E-state index contributed by atoms with van der Waals surface area (Å²) < 4.78 is 107. The van der Waals surface area contributed by atoms with Crippen LogP contribution in [0.4, 0.5) is 38.7 Å². The van der Waals surface area contributed by atoms with Gasteiger partial charge in [0.2, 0.25) is 11.8 Å². The number of hydrogen-bond donors (Lipinski definition) is 1.